The quantitative estimate of drug-likeness (QED) is 0.144. The van der Waals surface area contributed by atoms with E-state index in [1.807, 2.05) is 6.92 Å². The number of nitrogens with zero attached hydrogens (tertiary/aromatic N) is 1. The summed E-state index contributed by atoms with van der Waals surface area (Å²) in [6.07, 6.45) is 6.85. The van der Waals surface area contributed by atoms with Crippen molar-refractivity contribution in [1.82, 2.24) is 10.2 Å². The van der Waals surface area contributed by atoms with Crippen molar-refractivity contribution in [2.75, 3.05) is 26.3 Å². The number of ether oxygens (including phenoxy) is 3. The molecule has 0 bridgehead atoms. The Morgan fingerprint density at radius 3 is 2.11 bits per heavy atom. The number of hydrogen-bond donors (Lipinski definition) is 2. The van der Waals surface area contributed by atoms with E-state index in [1.54, 1.807) is 13.8 Å². The second-order valence-corrected chi connectivity index (χ2v) is 8.46. The first kappa shape index (κ1) is 32.2. The molecular weight excluding hydrogens is 454 g/mol. The zero-order chi connectivity index (χ0) is 26.5. The van der Waals surface area contributed by atoms with Crippen molar-refractivity contribution in [2.45, 2.75) is 97.5 Å². The minimum atomic E-state index is -0.783. The van der Waals surface area contributed by atoms with Gasteiger partial charge in [-0.1, -0.05) is 39.2 Å². The predicted octanol–water partition coefficient (Wildman–Crippen LogP) is 5.05. The summed E-state index contributed by atoms with van der Waals surface area (Å²) < 4.78 is 15.2. The van der Waals surface area contributed by atoms with Gasteiger partial charge in [0, 0.05) is 18.7 Å². The van der Waals surface area contributed by atoms with E-state index < -0.39 is 18.1 Å². The minimum Gasteiger partial charge on any atom is -0.450 e. The Hall–Kier alpha value is -2.78. The molecule has 0 aliphatic rings. The van der Waals surface area contributed by atoms with Crippen LogP contribution in [0, 0.1) is 0 Å². The summed E-state index contributed by atoms with van der Waals surface area (Å²) in [4.78, 5) is 48.0. The fourth-order valence-corrected chi connectivity index (χ4v) is 3.35. The number of nitrogens with two attached hydrogens (primary N) is 1. The van der Waals surface area contributed by atoms with Crippen molar-refractivity contribution in [3.8, 4) is 0 Å². The third kappa shape index (κ3) is 17.3. The molecular formula is C25H45N3O7. The molecule has 0 aliphatic heterocycles. The fraction of sp³-hybridized carbons (Fsp3) is 0.760. The topological polar surface area (TPSA) is 137 Å². The number of carbonyl (C=O) groups is 4. The van der Waals surface area contributed by atoms with Crippen LogP contribution in [0.5, 0.6) is 0 Å². The van der Waals surface area contributed by atoms with Gasteiger partial charge in [-0.2, -0.15) is 0 Å². The minimum absolute atomic E-state index is 0.197. The number of alkyl carbamates (subject to hydrolysis) is 1. The number of unbranched alkanes of at least 4 members (excludes halogenated alkanes) is 6. The Kier molecular flexibility index (Phi) is 18.9. The number of amides is 4. The predicted molar refractivity (Wildman–Crippen MR) is 134 cm³/mol. The Bertz CT molecular complexity index is 655. The van der Waals surface area contributed by atoms with Gasteiger partial charge in [0.15, 0.2) is 0 Å². The van der Waals surface area contributed by atoms with Gasteiger partial charge in [0.1, 0.15) is 6.10 Å². The van der Waals surface area contributed by atoms with Crippen LogP contribution in [0.1, 0.15) is 91.4 Å². The Morgan fingerprint density at radius 2 is 1.54 bits per heavy atom. The molecule has 10 nitrogen and oxygen atoms in total. The van der Waals surface area contributed by atoms with E-state index in [-0.39, 0.29) is 30.9 Å². The van der Waals surface area contributed by atoms with Crippen LogP contribution in [0.25, 0.3) is 0 Å². The standard InChI is InChI=1S/C25H45N3O7/c1-5-7-19-34-24(31)27-17-13-10-12-16-21(35-23(26)30)15-11-8-9-14-18-28(22(29)20(3)4)25(32)33-6-2/h21H,3,5-19H2,1-2,4H3,(H2,26,30)(H,27,31). The van der Waals surface area contributed by atoms with E-state index in [9.17, 15) is 19.2 Å². The van der Waals surface area contributed by atoms with E-state index in [1.165, 1.54) is 0 Å². The summed E-state index contributed by atoms with van der Waals surface area (Å²) in [6.45, 7) is 10.3. The summed E-state index contributed by atoms with van der Waals surface area (Å²) in [7, 11) is 0. The molecule has 0 rings (SSSR count). The SMILES string of the molecule is C=C(C)C(=O)N(CCCCCCC(CCCCCNC(=O)OCCCC)OC(N)=O)C(=O)OCC. The van der Waals surface area contributed by atoms with Crippen LogP contribution < -0.4 is 11.1 Å². The lowest BCUT2D eigenvalue weighted by Gasteiger charge is -2.20. The number of primary amides is 1. The van der Waals surface area contributed by atoms with Crippen molar-refractivity contribution < 1.29 is 33.4 Å². The maximum absolute atomic E-state index is 12.2. The summed E-state index contributed by atoms with van der Waals surface area (Å²) in [6, 6.07) is 0. The molecule has 202 valence electrons. The first-order valence-corrected chi connectivity index (χ1v) is 12.7. The molecule has 1 atom stereocenters. The average molecular weight is 500 g/mol. The number of hydrogen-bond acceptors (Lipinski definition) is 7. The molecule has 0 radical (unpaired) electrons. The average Bonchev–Trinajstić information content (AvgIpc) is 2.80. The molecule has 0 saturated carbocycles. The monoisotopic (exact) mass is 499 g/mol. The third-order valence-electron chi connectivity index (χ3n) is 5.24. The van der Waals surface area contributed by atoms with Crippen LogP contribution in [-0.2, 0) is 19.0 Å². The largest absolute Gasteiger partial charge is 0.450 e. The van der Waals surface area contributed by atoms with Crippen LogP contribution in [0.15, 0.2) is 12.2 Å². The Labute approximate surface area is 209 Å². The van der Waals surface area contributed by atoms with Gasteiger partial charge < -0.3 is 25.3 Å². The number of nitrogens with one attached hydrogen (secondary N) is 1. The number of carbonyl (C=O) groups excluding carboxylic acids is 4. The highest BCUT2D eigenvalue weighted by atomic mass is 16.6. The lowest BCUT2D eigenvalue weighted by molar-refractivity contribution is -0.125. The van der Waals surface area contributed by atoms with Crippen LogP contribution in [0.3, 0.4) is 0 Å². The van der Waals surface area contributed by atoms with Crippen molar-refractivity contribution in [3.05, 3.63) is 12.2 Å². The van der Waals surface area contributed by atoms with Crippen LogP contribution in [0.4, 0.5) is 14.4 Å². The molecule has 0 aromatic heterocycles. The highest BCUT2D eigenvalue weighted by Gasteiger charge is 2.22. The summed E-state index contributed by atoms with van der Waals surface area (Å²) in [5.74, 6) is -0.429. The highest BCUT2D eigenvalue weighted by Crippen LogP contribution is 2.15. The maximum atomic E-state index is 12.2. The van der Waals surface area contributed by atoms with Crippen LogP contribution >= 0.6 is 0 Å². The molecule has 35 heavy (non-hydrogen) atoms. The molecule has 0 aromatic rings. The zero-order valence-electron chi connectivity index (χ0n) is 21.8. The van der Waals surface area contributed by atoms with Crippen LogP contribution in [-0.4, -0.2) is 61.5 Å². The van der Waals surface area contributed by atoms with E-state index in [0.29, 0.717) is 32.4 Å². The molecule has 0 saturated heterocycles. The molecule has 3 N–H and O–H groups in total. The molecule has 0 heterocycles. The van der Waals surface area contributed by atoms with Gasteiger partial charge in [-0.15, -0.1) is 0 Å². The van der Waals surface area contributed by atoms with Gasteiger partial charge in [0.2, 0.25) is 0 Å². The van der Waals surface area contributed by atoms with Gasteiger partial charge >= 0.3 is 18.3 Å². The normalized spacial score (nSPS) is 11.3. The van der Waals surface area contributed by atoms with Gasteiger partial charge in [-0.05, 0) is 58.8 Å². The van der Waals surface area contributed by atoms with Crippen molar-refractivity contribution >= 4 is 24.2 Å². The van der Waals surface area contributed by atoms with Crippen LogP contribution in [0.2, 0.25) is 0 Å². The van der Waals surface area contributed by atoms with Gasteiger partial charge in [-0.25, -0.2) is 19.3 Å². The molecule has 0 spiro atoms. The smallest absolute Gasteiger partial charge is 0.416 e. The van der Waals surface area contributed by atoms with E-state index in [0.717, 1.165) is 56.3 Å². The van der Waals surface area contributed by atoms with Crippen molar-refractivity contribution in [3.63, 3.8) is 0 Å². The first-order valence-electron chi connectivity index (χ1n) is 12.7. The zero-order valence-corrected chi connectivity index (χ0v) is 21.8. The summed E-state index contributed by atoms with van der Waals surface area (Å²) >= 11 is 0. The Balaban J connectivity index is 4.15. The van der Waals surface area contributed by atoms with E-state index in [2.05, 4.69) is 11.9 Å². The second kappa shape index (κ2) is 20.6. The maximum Gasteiger partial charge on any atom is 0.416 e. The molecule has 0 aromatic carbocycles. The third-order valence-corrected chi connectivity index (χ3v) is 5.24. The van der Waals surface area contributed by atoms with Gasteiger partial charge in [-0.3, -0.25) is 4.79 Å². The summed E-state index contributed by atoms with van der Waals surface area (Å²) in [5.41, 5.74) is 5.49. The number of imide groups is 1. The van der Waals surface area contributed by atoms with Crippen molar-refractivity contribution in [1.29, 1.82) is 0 Å². The van der Waals surface area contributed by atoms with E-state index >= 15 is 0 Å². The second-order valence-electron chi connectivity index (χ2n) is 8.46. The molecule has 1 unspecified atom stereocenters. The van der Waals surface area contributed by atoms with Gasteiger partial charge in [0.05, 0.1) is 13.2 Å². The van der Waals surface area contributed by atoms with Crippen molar-refractivity contribution in [2.24, 2.45) is 5.73 Å². The van der Waals surface area contributed by atoms with E-state index in [4.69, 9.17) is 19.9 Å². The summed E-state index contributed by atoms with van der Waals surface area (Å²) in [5, 5.41) is 2.73. The molecule has 4 amide bonds. The highest BCUT2D eigenvalue weighted by molar-refractivity contribution is 6.01. The molecule has 0 fully saturated rings. The Morgan fingerprint density at radius 1 is 0.914 bits per heavy atom. The number of rotatable bonds is 19. The molecule has 10 heteroatoms. The first-order chi connectivity index (χ1) is 16.7. The fourth-order valence-electron chi connectivity index (χ4n) is 3.35. The molecule has 0 aliphatic carbocycles. The lowest BCUT2D eigenvalue weighted by Crippen LogP contribution is -2.38. The van der Waals surface area contributed by atoms with Gasteiger partial charge in [0.25, 0.3) is 5.91 Å². The lowest BCUT2D eigenvalue weighted by atomic mass is 10.0.